The van der Waals surface area contributed by atoms with Crippen LogP contribution in [-0.2, 0) is 14.4 Å². The predicted molar refractivity (Wildman–Crippen MR) is 165 cm³/mol. The van der Waals surface area contributed by atoms with Crippen LogP contribution >= 0.6 is 24.0 Å². The van der Waals surface area contributed by atoms with Crippen LogP contribution in [0.5, 0.6) is 0 Å². The Bertz CT molecular complexity index is 1070. The monoisotopic (exact) mass is 654 g/mol. The molecule has 1 fully saturated rings. The van der Waals surface area contributed by atoms with Crippen molar-refractivity contribution in [3.63, 3.8) is 0 Å². The Morgan fingerprint density at radius 1 is 1.02 bits per heavy atom. The number of rotatable bonds is 15. The maximum atomic E-state index is 13.6. The van der Waals surface area contributed by atoms with Crippen molar-refractivity contribution in [3.05, 3.63) is 28.5 Å². The molecule has 228 valence electrons. The first kappa shape index (κ1) is 34.4. The quantitative estimate of drug-likeness (QED) is 0.0721. The lowest BCUT2D eigenvalue weighted by molar-refractivity contribution is -0.132. The number of carbonyl (C=O) groups is 4. The molecule has 3 atom stereocenters. The minimum absolute atomic E-state index is 0.246. The summed E-state index contributed by atoms with van der Waals surface area (Å²) in [6.07, 6.45) is 9.73. The van der Waals surface area contributed by atoms with Crippen molar-refractivity contribution >= 4 is 53.6 Å². The number of amides is 4. The van der Waals surface area contributed by atoms with Crippen LogP contribution in [0.15, 0.2) is 27.9 Å². The SMILES string of the molecule is CC[C@H](NC(=O)[C@H](CCCN=C(N)NP(C)C)NC(=O)[C@H](CC1CCCCC1)NC(=O)c1cncc(Br)c1)C(N)=O. The van der Waals surface area contributed by atoms with Crippen LogP contribution in [0.2, 0.25) is 0 Å². The molecule has 0 radical (unpaired) electrons. The zero-order valence-electron chi connectivity index (χ0n) is 24.1. The van der Waals surface area contributed by atoms with Crippen molar-refractivity contribution in [2.75, 3.05) is 19.9 Å². The van der Waals surface area contributed by atoms with E-state index in [2.05, 4.69) is 46.9 Å². The lowest BCUT2D eigenvalue weighted by atomic mass is 9.84. The maximum absolute atomic E-state index is 13.6. The average molecular weight is 656 g/mol. The number of aromatic nitrogens is 1. The van der Waals surface area contributed by atoms with Gasteiger partial charge in [0, 0.05) is 23.4 Å². The normalized spacial score (nSPS) is 16.4. The Morgan fingerprint density at radius 2 is 1.68 bits per heavy atom. The summed E-state index contributed by atoms with van der Waals surface area (Å²) in [5.74, 6) is -1.48. The van der Waals surface area contributed by atoms with Gasteiger partial charge >= 0.3 is 0 Å². The third-order valence-electron chi connectivity index (χ3n) is 6.86. The van der Waals surface area contributed by atoms with Gasteiger partial charge in [-0.2, -0.15) is 0 Å². The molecule has 1 saturated carbocycles. The lowest BCUT2D eigenvalue weighted by Gasteiger charge is -2.28. The summed E-state index contributed by atoms with van der Waals surface area (Å²) in [5, 5.41) is 11.4. The van der Waals surface area contributed by atoms with Crippen molar-refractivity contribution < 1.29 is 19.2 Å². The molecule has 14 heteroatoms. The van der Waals surface area contributed by atoms with Gasteiger partial charge in [-0.3, -0.25) is 29.2 Å². The molecule has 0 bridgehead atoms. The number of nitrogens with two attached hydrogens (primary N) is 2. The molecule has 2 rings (SSSR count). The van der Waals surface area contributed by atoms with Gasteiger partial charge in [-0.15, -0.1) is 0 Å². The maximum Gasteiger partial charge on any atom is 0.253 e. The average Bonchev–Trinajstić information content (AvgIpc) is 2.92. The molecule has 41 heavy (non-hydrogen) atoms. The van der Waals surface area contributed by atoms with Crippen LogP contribution in [0.1, 0.15) is 75.1 Å². The fourth-order valence-electron chi connectivity index (χ4n) is 4.71. The van der Waals surface area contributed by atoms with E-state index in [-0.39, 0.29) is 12.3 Å². The second-order valence-electron chi connectivity index (χ2n) is 10.5. The Labute approximate surface area is 252 Å². The number of nitrogens with one attached hydrogen (secondary N) is 4. The highest BCUT2D eigenvalue weighted by Gasteiger charge is 2.31. The highest BCUT2D eigenvalue weighted by Crippen LogP contribution is 2.27. The summed E-state index contributed by atoms with van der Waals surface area (Å²) >= 11 is 3.32. The molecule has 1 aliphatic rings. The van der Waals surface area contributed by atoms with E-state index in [1.807, 2.05) is 13.3 Å². The number of carbonyl (C=O) groups excluding carboxylic acids is 4. The van der Waals surface area contributed by atoms with E-state index in [4.69, 9.17) is 11.5 Å². The van der Waals surface area contributed by atoms with Gasteiger partial charge in [0.15, 0.2) is 5.96 Å². The van der Waals surface area contributed by atoms with Gasteiger partial charge in [-0.05, 0) is 75.0 Å². The highest BCUT2D eigenvalue weighted by atomic mass is 79.9. The summed E-state index contributed by atoms with van der Waals surface area (Å²) in [5.41, 5.74) is 11.6. The van der Waals surface area contributed by atoms with Gasteiger partial charge in [0.2, 0.25) is 17.7 Å². The molecule has 1 aromatic rings. The minimum atomic E-state index is -0.965. The molecular weight excluding hydrogens is 611 g/mol. The van der Waals surface area contributed by atoms with Crippen molar-refractivity contribution in [1.82, 2.24) is 26.0 Å². The van der Waals surface area contributed by atoms with Crippen LogP contribution in [0.25, 0.3) is 0 Å². The first-order chi connectivity index (χ1) is 19.5. The van der Waals surface area contributed by atoms with E-state index in [1.165, 1.54) is 6.20 Å². The second-order valence-corrected chi connectivity index (χ2v) is 13.4. The molecule has 0 saturated heterocycles. The third kappa shape index (κ3) is 12.7. The molecule has 12 nitrogen and oxygen atoms in total. The fraction of sp³-hybridized carbons (Fsp3) is 0.630. The van der Waals surface area contributed by atoms with Gasteiger partial charge in [0.05, 0.1) is 5.56 Å². The largest absolute Gasteiger partial charge is 0.370 e. The fourth-order valence-corrected chi connectivity index (χ4v) is 5.61. The Balaban J connectivity index is 2.20. The zero-order valence-corrected chi connectivity index (χ0v) is 26.6. The van der Waals surface area contributed by atoms with Crippen molar-refractivity contribution in [1.29, 1.82) is 0 Å². The van der Waals surface area contributed by atoms with Crippen LogP contribution in [0.4, 0.5) is 0 Å². The first-order valence-corrected chi connectivity index (χ1v) is 17.1. The number of aliphatic imine (C=N–C) groups is 1. The van der Waals surface area contributed by atoms with Gasteiger partial charge < -0.3 is 32.5 Å². The molecule has 8 N–H and O–H groups in total. The Morgan fingerprint density at radius 3 is 2.29 bits per heavy atom. The van der Waals surface area contributed by atoms with E-state index in [0.29, 0.717) is 41.8 Å². The van der Waals surface area contributed by atoms with E-state index in [1.54, 1.807) is 19.2 Å². The standard InChI is InChI=1S/C27H44BrN8O4P/c1-4-20(23(29)37)33-25(39)21(11-8-12-32-27(30)36-41(2)3)34-26(40)22(13-17-9-6-5-7-10-17)35-24(38)18-14-19(28)16-31-15-18/h14-17,20-22H,4-13H2,1-3H3,(H2,29,37)(H,33,39)(H,34,40)(H,35,38)(H3,30,32,36)/t20-,21-,22-/m0/s1. The van der Waals surface area contributed by atoms with E-state index < -0.39 is 49.8 Å². The third-order valence-corrected chi connectivity index (χ3v) is 7.97. The number of guanidine groups is 1. The van der Waals surface area contributed by atoms with Crippen LogP contribution in [0.3, 0.4) is 0 Å². The molecular formula is C27H44BrN8O4P. The summed E-state index contributed by atoms with van der Waals surface area (Å²) in [7, 11) is -0.467. The van der Waals surface area contributed by atoms with Gasteiger partial charge in [-0.25, -0.2) is 0 Å². The van der Waals surface area contributed by atoms with Crippen molar-refractivity contribution in [2.45, 2.75) is 82.8 Å². The molecule has 1 heterocycles. The van der Waals surface area contributed by atoms with Gasteiger partial charge in [0.1, 0.15) is 18.1 Å². The van der Waals surface area contributed by atoms with Gasteiger partial charge in [0.25, 0.3) is 5.91 Å². The Hall–Kier alpha value is -2.79. The minimum Gasteiger partial charge on any atom is -0.370 e. The number of pyridine rings is 1. The number of halogens is 1. The molecule has 4 amide bonds. The zero-order chi connectivity index (χ0) is 30.4. The summed E-state index contributed by atoms with van der Waals surface area (Å²) in [6, 6.07) is -1.06. The summed E-state index contributed by atoms with van der Waals surface area (Å²) in [6.45, 7) is 6.09. The molecule has 1 aromatic heterocycles. The number of hydrogen-bond donors (Lipinski definition) is 6. The number of primary amides is 1. The number of hydrogen-bond acceptors (Lipinski definition) is 6. The van der Waals surface area contributed by atoms with Crippen LogP contribution < -0.4 is 32.5 Å². The molecule has 0 aromatic carbocycles. The van der Waals surface area contributed by atoms with Crippen LogP contribution in [0, 0.1) is 5.92 Å². The van der Waals surface area contributed by atoms with Gasteiger partial charge in [-0.1, -0.05) is 39.0 Å². The summed E-state index contributed by atoms with van der Waals surface area (Å²) < 4.78 is 0.642. The highest BCUT2D eigenvalue weighted by molar-refractivity contribution is 9.10. The van der Waals surface area contributed by atoms with Crippen molar-refractivity contribution in [2.24, 2.45) is 22.4 Å². The number of nitrogens with zero attached hydrogens (tertiary/aromatic N) is 2. The van der Waals surface area contributed by atoms with Crippen LogP contribution in [-0.4, -0.2) is 72.6 Å². The smallest absolute Gasteiger partial charge is 0.253 e. The van der Waals surface area contributed by atoms with E-state index in [9.17, 15) is 19.2 Å². The summed E-state index contributed by atoms with van der Waals surface area (Å²) in [4.78, 5) is 60.0. The topological polar surface area (TPSA) is 194 Å². The second kappa shape index (κ2) is 17.9. The predicted octanol–water partition coefficient (Wildman–Crippen LogP) is 2.12. The first-order valence-electron chi connectivity index (χ1n) is 14.1. The van der Waals surface area contributed by atoms with E-state index in [0.717, 1.165) is 32.1 Å². The van der Waals surface area contributed by atoms with E-state index >= 15 is 0 Å². The van der Waals surface area contributed by atoms with Crippen molar-refractivity contribution in [3.8, 4) is 0 Å². The Kier molecular flexibility index (Phi) is 15.0. The lowest BCUT2D eigenvalue weighted by Crippen LogP contribution is -2.56. The molecule has 0 unspecified atom stereocenters. The molecule has 1 aliphatic carbocycles. The molecule has 0 aliphatic heterocycles. The molecule has 0 spiro atoms.